The van der Waals surface area contributed by atoms with Crippen molar-refractivity contribution in [2.75, 3.05) is 6.54 Å². The molecule has 0 radical (unpaired) electrons. The molecule has 1 saturated heterocycles. The predicted octanol–water partition coefficient (Wildman–Crippen LogP) is 1.83. The fourth-order valence-electron chi connectivity index (χ4n) is 2.18. The molecule has 1 aromatic heterocycles. The van der Waals surface area contributed by atoms with Crippen LogP contribution in [-0.2, 0) is 11.3 Å². The van der Waals surface area contributed by atoms with Crippen molar-refractivity contribution in [1.29, 1.82) is 0 Å². The number of aromatic nitrogens is 2. The number of nitrogens with two attached hydrogens (primary N) is 1. The highest BCUT2D eigenvalue weighted by Gasteiger charge is 2.29. The number of benzene rings is 1. The Kier molecular flexibility index (Phi) is 3.94. The molecule has 0 aliphatic carbocycles. The molecule has 106 valence electrons. The first kappa shape index (κ1) is 13.1. The largest absolute Gasteiger partial charge is 0.485 e. The van der Waals surface area contributed by atoms with Gasteiger partial charge in [0.15, 0.2) is 6.61 Å². The van der Waals surface area contributed by atoms with Crippen molar-refractivity contribution >= 4 is 0 Å². The summed E-state index contributed by atoms with van der Waals surface area (Å²) < 4.78 is 16.5. The van der Waals surface area contributed by atoms with Crippen LogP contribution in [0.5, 0.6) is 5.75 Å². The van der Waals surface area contributed by atoms with Gasteiger partial charge in [-0.15, -0.1) is 0 Å². The van der Waals surface area contributed by atoms with Crippen LogP contribution in [-0.4, -0.2) is 22.8 Å². The molecule has 1 fully saturated rings. The standard InChI is InChI=1S/C14H17N3O3/c15-8-11-6-7-12(19-11)14-16-13(17-20-14)9-18-10-4-2-1-3-5-10/h1-5,11-12H,6-9,15H2/t11-,12-/m1/s1. The van der Waals surface area contributed by atoms with Gasteiger partial charge in [-0.3, -0.25) is 0 Å². The van der Waals surface area contributed by atoms with Crippen LogP contribution in [0.4, 0.5) is 0 Å². The molecule has 1 aliphatic rings. The molecule has 1 aliphatic heterocycles. The van der Waals surface area contributed by atoms with Gasteiger partial charge in [0.25, 0.3) is 5.89 Å². The van der Waals surface area contributed by atoms with Gasteiger partial charge in [-0.25, -0.2) is 0 Å². The maximum Gasteiger partial charge on any atom is 0.255 e. The molecule has 1 aromatic carbocycles. The molecular weight excluding hydrogens is 258 g/mol. The number of nitrogens with zero attached hydrogens (tertiary/aromatic N) is 2. The Morgan fingerprint density at radius 1 is 1.25 bits per heavy atom. The number of rotatable bonds is 5. The smallest absolute Gasteiger partial charge is 0.255 e. The van der Waals surface area contributed by atoms with E-state index >= 15 is 0 Å². The van der Waals surface area contributed by atoms with E-state index in [2.05, 4.69) is 10.1 Å². The quantitative estimate of drug-likeness (QED) is 0.896. The molecule has 20 heavy (non-hydrogen) atoms. The average Bonchev–Trinajstić information content (AvgIpc) is 3.15. The fourth-order valence-corrected chi connectivity index (χ4v) is 2.18. The summed E-state index contributed by atoms with van der Waals surface area (Å²) in [6.07, 6.45) is 1.75. The average molecular weight is 275 g/mol. The SMILES string of the molecule is NC[C@H]1CC[C@H](c2nc(COc3ccccc3)no2)O1. The zero-order chi connectivity index (χ0) is 13.8. The van der Waals surface area contributed by atoms with Crippen LogP contribution in [0.1, 0.15) is 30.7 Å². The van der Waals surface area contributed by atoms with E-state index in [-0.39, 0.29) is 18.8 Å². The van der Waals surface area contributed by atoms with E-state index in [1.807, 2.05) is 30.3 Å². The Bertz CT molecular complexity index is 544. The summed E-state index contributed by atoms with van der Waals surface area (Å²) >= 11 is 0. The highest BCUT2D eigenvalue weighted by Crippen LogP contribution is 2.31. The van der Waals surface area contributed by atoms with Gasteiger partial charge in [-0.05, 0) is 25.0 Å². The molecule has 0 bridgehead atoms. The lowest BCUT2D eigenvalue weighted by atomic mass is 10.2. The second kappa shape index (κ2) is 6.02. The second-order valence-corrected chi connectivity index (χ2v) is 4.71. The van der Waals surface area contributed by atoms with E-state index in [1.165, 1.54) is 0 Å². The van der Waals surface area contributed by atoms with E-state index in [4.69, 9.17) is 19.7 Å². The van der Waals surface area contributed by atoms with Crippen molar-refractivity contribution in [2.45, 2.75) is 31.7 Å². The highest BCUT2D eigenvalue weighted by molar-refractivity contribution is 5.20. The molecule has 3 rings (SSSR count). The number of para-hydroxylation sites is 1. The Morgan fingerprint density at radius 3 is 2.85 bits per heavy atom. The Morgan fingerprint density at radius 2 is 2.10 bits per heavy atom. The van der Waals surface area contributed by atoms with Crippen molar-refractivity contribution < 1.29 is 14.0 Å². The van der Waals surface area contributed by atoms with E-state index in [1.54, 1.807) is 0 Å². The van der Waals surface area contributed by atoms with Gasteiger partial charge in [-0.2, -0.15) is 4.98 Å². The lowest BCUT2D eigenvalue weighted by molar-refractivity contribution is 0.0307. The van der Waals surface area contributed by atoms with Gasteiger partial charge in [-0.1, -0.05) is 23.4 Å². The van der Waals surface area contributed by atoms with Gasteiger partial charge in [0.05, 0.1) is 6.10 Å². The molecule has 2 heterocycles. The lowest BCUT2D eigenvalue weighted by Crippen LogP contribution is -2.18. The first-order valence-corrected chi connectivity index (χ1v) is 6.71. The monoisotopic (exact) mass is 275 g/mol. The minimum atomic E-state index is -0.137. The maximum atomic E-state index is 5.71. The summed E-state index contributed by atoms with van der Waals surface area (Å²) in [7, 11) is 0. The zero-order valence-corrected chi connectivity index (χ0v) is 11.1. The minimum Gasteiger partial charge on any atom is -0.485 e. The summed E-state index contributed by atoms with van der Waals surface area (Å²) in [6.45, 7) is 0.801. The van der Waals surface area contributed by atoms with Crippen LogP contribution in [0.15, 0.2) is 34.9 Å². The van der Waals surface area contributed by atoms with Gasteiger partial charge in [0.2, 0.25) is 5.82 Å². The first-order valence-electron chi connectivity index (χ1n) is 6.71. The number of ether oxygens (including phenoxy) is 2. The molecule has 0 amide bonds. The molecule has 6 nitrogen and oxygen atoms in total. The lowest BCUT2D eigenvalue weighted by Gasteiger charge is -2.07. The Hall–Kier alpha value is -1.92. The third-order valence-corrected chi connectivity index (χ3v) is 3.24. The first-order chi connectivity index (χ1) is 9.85. The zero-order valence-electron chi connectivity index (χ0n) is 11.1. The predicted molar refractivity (Wildman–Crippen MR) is 71.0 cm³/mol. The summed E-state index contributed by atoms with van der Waals surface area (Å²) in [4.78, 5) is 4.31. The van der Waals surface area contributed by atoms with Gasteiger partial charge in [0.1, 0.15) is 11.9 Å². The normalized spacial score (nSPS) is 22.1. The fraction of sp³-hybridized carbons (Fsp3) is 0.429. The third kappa shape index (κ3) is 2.97. The van der Waals surface area contributed by atoms with Crippen LogP contribution >= 0.6 is 0 Å². The molecule has 6 heteroatoms. The summed E-state index contributed by atoms with van der Waals surface area (Å²) in [6, 6.07) is 9.52. The maximum absolute atomic E-state index is 5.71. The van der Waals surface area contributed by atoms with Gasteiger partial charge >= 0.3 is 0 Å². The van der Waals surface area contributed by atoms with Crippen molar-refractivity contribution in [1.82, 2.24) is 10.1 Å². The Balaban J connectivity index is 1.57. The topological polar surface area (TPSA) is 83.4 Å². The van der Waals surface area contributed by atoms with Gasteiger partial charge in [0, 0.05) is 6.54 Å². The van der Waals surface area contributed by atoms with Crippen molar-refractivity contribution in [3.05, 3.63) is 42.0 Å². The van der Waals surface area contributed by atoms with Crippen LogP contribution < -0.4 is 10.5 Å². The summed E-state index contributed by atoms with van der Waals surface area (Å²) in [5.74, 6) is 1.80. The molecule has 2 aromatic rings. The third-order valence-electron chi connectivity index (χ3n) is 3.24. The highest BCUT2D eigenvalue weighted by atomic mass is 16.5. The van der Waals surface area contributed by atoms with Crippen molar-refractivity contribution in [3.63, 3.8) is 0 Å². The molecule has 2 N–H and O–H groups in total. The molecule has 0 spiro atoms. The molecule has 2 atom stereocenters. The molecule has 0 saturated carbocycles. The molecular formula is C14H17N3O3. The second-order valence-electron chi connectivity index (χ2n) is 4.71. The van der Waals surface area contributed by atoms with E-state index in [9.17, 15) is 0 Å². The minimum absolute atomic E-state index is 0.0934. The summed E-state index contributed by atoms with van der Waals surface area (Å²) in [5.41, 5.74) is 5.58. The van der Waals surface area contributed by atoms with Crippen LogP contribution in [0.25, 0.3) is 0 Å². The van der Waals surface area contributed by atoms with Crippen LogP contribution in [0.3, 0.4) is 0 Å². The Labute approximate surface area is 116 Å². The van der Waals surface area contributed by atoms with Gasteiger partial charge < -0.3 is 19.7 Å². The van der Waals surface area contributed by atoms with E-state index < -0.39 is 0 Å². The number of hydrogen-bond donors (Lipinski definition) is 1. The number of hydrogen-bond acceptors (Lipinski definition) is 6. The molecule has 0 unspecified atom stereocenters. The van der Waals surface area contributed by atoms with Crippen molar-refractivity contribution in [3.8, 4) is 5.75 Å². The van der Waals surface area contributed by atoms with Crippen molar-refractivity contribution in [2.24, 2.45) is 5.73 Å². The van der Waals surface area contributed by atoms with Crippen LogP contribution in [0, 0.1) is 0 Å². The van der Waals surface area contributed by atoms with E-state index in [0.717, 1.165) is 18.6 Å². The summed E-state index contributed by atoms with van der Waals surface area (Å²) in [5, 5.41) is 3.90. The van der Waals surface area contributed by atoms with Crippen LogP contribution in [0.2, 0.25) is 0 Å². The van der Waals surface area contributed by atoms with E-state index in [0.29, 0.717) is 18.3 Å².